The fraction of sp³-hybridized carbons (Fsp3) is 0.264. The molecule has 12 heteroatoms. The van der Waals surface area contributed by atoms with Crippen LogP contribution in [0.3, 0.4) is 0 Å². The summed E-state index contributed by atoms with van der Waals surface area (Å²) >= 11 is 0. The molecule has 6 aromatic carbocycles. The summed E-state index contributed by atoms with van der Waals surface area (Å²) in [5, 5.41) is 8.74. The van der Waals surface area contributed by atoms with Gasteiger partial charge in [0.05, 0.1) is 26.4 Å². The van der Waals surface area contributed by atoms with Gasteiger partial charge in [-0.15, -0.1) is 0 Å². The van der Waals surface area contributed by atoms with Gasteiger partial charge in [0.2, 0.25) is 0 Å². The summed E-state index contributed by atoms with van der Waals surface area (Å²) in [5.74, 6) is -0.295. The smallest absolute Gasteiger partial charge is 0.412 e. The zero-order chi connectivity index (χ0) is 45.9. The number of amides is 3. The van der Waals surface area contributed by atoms with Crippen molar-refractivity contribution in [3.63, 3.8) is 0 Å². The first-order valence-electron chi connectivity index (χ1n) is 21.9. The van der Waals surface area contributed by atoms with Crippen LogP contribution in [0.4, 0.5) is 38.9 Å². The lowest BCUT2D eigenvalue weighted by Gasteiger charge is -2.28. The summed E-state index contributed by atoms with van der Waals surface area (Å²) in [6.45, 7) is 16.0. The third-order valence-electron chi connectivity index (χ3n) is 11.0. The molecule has 5 N–H and O–H groups in total. The Kier molecular flexibility index (Phi) is 14.8. The highest BCUT2D eigenvalue weighted by Gasteiger charge is 2.18. The molecule has 6 aromatic rings. The Morgan fingerprint density at radius 3 is 1.40 bits per heavy atom. The van der Waals surface area contributed by atoms with Crippen LogP contribution in [0.5, 0.6) is 0 Å². The maximum absolute atomic E-state index is 13.0. The molecule has 2 saturated heterocycles. The molecule has 0 aromatic heterocycles. The van der Waals surface area contributed by atoms with Crippen LogP contribution < -0.4 is 31.5 Å². The first-order valence-corrected chi connectivity index (χ1v) is 21.9. The van der Waals surface area contributed by atoms with Crippen LogP contribution in [0.1, 0.15) is 52.6 Å². The minimum Gasteiger partial charge on any atom is -0.444 e. The van der Waals surface area contributed by atoms with E-state index in [1.807, 2.05) is 162 Å². The first-order chi connectivity index (χ1) is 31.3. The Hall–Kier alpha value is -7.15. The monoisotopic (exact) mass is 874 g/mol. The van der Waals surface area contributed by atoms with Crippen molar-refractivity contribution in [3.05, 3.63) is 156 Å². The fourth-order valence-electron chi connectivity index (χ4n) is 7.71. The number of nitrogens with zero attached hydrogens (tertiary/aromatic N) is 2. The molecule has 2 aliphatic rings. The molecule has 0 radical (unpaired) electrons. The first kappa shape index (κ1) is 45.9. The number of carbonyl (C=O) groups excluding carboxylic acids is 3. The summed E-state index contributed by atoms with van der Waals surface area (Å²) < 4.78 is 16.1. The molecule has 0 unspecified atom stereocenters. The van der Waals surface area contributed by atoms with Crippen LogP contribution in [0, 0.1) is 13.8 Å². The van der Waals surface area contributed by atoms with Crippen molar-refractivity contribution >= 4 is 52.0 Å². The van der Waals surface area contributed by atoms with Gasteiger partial charge in [0, 0.05) is 71.4 Å². The summed E-state index contributed by atoms with van der Waals surface area (Å²) in [6, 6.07) is 42.5. The molecular formula is C53H58N6O6. The van der Waals surface area contributed by atoms with Gasteiger partial charge in [-0.1, -0.05) is 36.4 Å². The predicted octanol–water partition coefficient (Wildman–Crippen LogP) is 10.4. The molecule has 0 bridgehead atoms. The number of carbonyl (C=O) groups is 3. The Labute approximate surface area is 381 Å². The Bertz CT molecular complexity index is 2590. The number of rotatable bonds is 9. The highest BCUT2D eigenvalue weighted by Crippen LogP contribution is 2.29. The van der Waals surface area contributed by atoms with E-state index in [9.17, 15) is 14.4 Å². The van der Waals surface area contributed by atoms with E-state index in [4.69, 9.17) is 19.9 Å². The van der Waals surface area contributed by atoms with Crippen LogP contribution in [0.15, 0.2) is 133 Å². The summed E-state index contributed by atoms with van der Waals surface area (Å²) in [5.41, 5.74) is 17.7. The lowest BCUT2D eigenvalue weighted by Crippen LogP contribution is -2.36. The number of anilines is 6. The molecule has 0 atom stereocenters. The number of hydrogen-bond acceptors (Lipinski definition) is 9. The SMILES string of the molecule is Cc1cc(N)ccc1-c1cccc(C(=O)Nc2ccc(N3CCOCC3)cc2)c1.Cc1cc(NC(=O)OC(C)(C)C)ccc1-c1cccc(C(=O)Nc2ccc(N3CCOCC3)cc2)c1. The quantitative estimate of drug-likeness (QED) is 0.104. The topological polar surface area (TPSA) is 147 Å². The Morgan fingerprint density at radius 2 is 0.969 bits per heavy atom. The standard InChI is InChI=1S/C29H33N3O4.C24H25N3O2/c1-20-18-24(31-28(34)36-29(2,3)4)10-13-26(20)21-6-5-7-22(19-21)27(33)30-23-8-11-25(12-9-23)32-14-16-35-17-15-32;1-17-15-20(25)5-10-23(17)18-3-2-4-19(16-18)24(28)26-21-6-8-22(9-7-21)27-11-13-29-14-12-27/h5-13,18-19H,14-17H2,1-4H3,(H,30,33)(H,31,34);2-10,15-16H,11-14,25H2,1H3,(H,26,28). The van der Waals surface area contributed by atoms with Crippen molar-refractivity contribution in [2.24, 2.45) is 0 Å². The van der Waals surface area contributed by atoms with Gasteiger partial charge in [-0.05, 0) is 165 Å². The summed E-state index contributed by atoms with van der Waals surface area (Å²) in [7, 11) is 0. The van der Waals surface area contributed by atoms with Gasteiger partial charge in [-0.3, -0.25) is 14.9 Å². The molecule has 3 amide bonds. The normalized spacial score (nSPS) is 13.8. The van der Waals surface area contributed by atoms with Gasteiger partial charge in [-0.2, -0.15) is 0 Å². The van der Waals surface area contributed by atoms with Crippen molar-refractivity contribution in [3.8, 4) is 22.3 Å². The molecule has 2 aliphatic heterocycles. The second-order valence-electron chi connectivity index (χ2n) is 17.1. The van der Waals surface area contributed by atoms with Gasteiger partial charge in [0.25, 0.3) is 11.8 Å². The van der Waals surface area contributed by atoms with Gasteiger partial charge in [0.15, 0.2) is 0 Å². The number of benzene rings is 6. The number of nitrogens with one attached hydrogen (secondary N) is 3. The van der Waals surface area contributed by atoms with E-state index in [1.54, 1.807) is 6.07 Å². The van der Waals surface area contributed by atoms with Crippen LogP contribution in [-0.4, -0.2) is 76.1 Å². The van der Waals surface area contributed by atoms with Crippen LogP contribution in [-0.2, 0) is 14.2 Å². The van der Waals surface area contributed by atoms with Gasteiger partial charge in [-0.25, -0.2) is 4.79 Å². The van der Waals surface area contributed by atoms with Crippen LogP contribution >= 0.6 is 0 Å². The fourth-order valence-corrected chi connectivity index (χ4v) is 7.71. The largest absolute Gasteiger partial charge is 0.444 e. The molecule has 0 aliphatic carbocycles. The zero-order valence-electron chi connectivity index (χ0n) is 37.8. The van der Waals surface area contributed by atoms with E-state index < -0.39 is 11.7 Å². The molecule has 2 heterocycles. The third kappa shape index (κ3) is 12.7. The average Bonchev–Trinajstić information content (AvgIpc) is 3.30. The number of hydrogen-bond donors (Lipinski definition) is 4. The van der Waals surface area contributed by atoms with E-state index in [0.717, 1.165) is 114 Å². The van der Waals surface area contributed by atoms with Gasteiger partial charge in [0.1, 0.15) is 5.60 Å². The number of morpholine rings is 2. The Balaban J connectivity index is 0.000000198. The van der Waals surface area contributed by atoms with E-state index in [-0.39, 0.29) is 11.8 Å². The minimum atomic E-state index is -0.565. The number of aryl methyl sites for hydroxylation is 2. The number of nitrogens with two attached hydrogens (primary N) is 1. The third-order valence-corrected chi connectivity index (χ3v) is 11.0. The molecule has 12 nitrogen and oxygen atoms in total. The molecule has 336 valence electrons. The van der Waals surface area contributed by atoms with Crippen molar-refractivity contribution in [2.75, 3.05) is 84.1 Å². The summed E-state index contributed by atoms with van der Waals surface area (Å²) in [6.07, 6.45) is -0.494. The maximum Gasteiger partial charge on any atom is 0.412 e. The van der Waals surface area contributed by atoms with Crippen molar-refractivity contribution in [2.45, 2.75) is 40.2 Å². The number of nitrogen functional groups attached to an aromatic ring is 1. The molecule has 0 saturated carbocycles. The second-order valence-corrected chi connectivity index (χ2v) is 17.1. The Morgan fingerprint density at radius 1 is 0.538 bits per heavy atom. The predicted molar refractivity (Wildman–Crippen MR) is 262 cm³/mol. The van der Waals surface area contributed by atoms with Gasteiger partial charge >= 0.3 is 6.09 Å². The van der Waals surface area contributed by atoms with Crippen molar-refractivity contribution < 1.29 is 28.6 Å². The van der Waals surface area contributed by atoms with Crippen LogP contribution in [0.25, 0.3) is 22.3 Å². The second kappa shape index (κ2) is 21.0. The average molecular weight is 875 g/mol. The molecule has 65 heavy (non-hydrogen) atoms. The van der Waals surface area contributed by atoms with E-state index >= 15 is 0 Å². The van der Waals surface area contributed by atoms with E-state index in [1.165, 1.54) is 0 Å². The minimum absolute atomic E-state index is 0.126. The number of ether oxygens (including phenoxy) is 3. The molecule has 2 fully saturated rings. The molecule has 0 spiro atoms. The highest BCUT2D eigenvalue weighted by atomic mass is 16.6. The molecule has 8 rings (SSSR count). The molecular weight excluding hydrogens is 817 g/mol. The zero-order valence-corrected chi connectivity index (χ0v) is 37.8. The van der Waals surface area contributed by atoms with Gasteiger partial charge < -0.3 is 40.4 Å². The lowest BCUT2D eigenvalue weighted by atomic mass is 9.98. The summed E-state index contributed by atoms with van der Waals surface area (Å²) in [4.78, 5) is 42.4. The lowest BCUT2D eigenvalue weighted by molar-refractivity contribution is 0.0635. The van der Waals surface area contributed by atoms with E-state index in [2.05, 4.69) is 25.8 Å². The van der Waals surface area contributed by atoms with Crippen molar-refractivity contribution in [1.82, 2.24) is 0 Å². The maximum atomic E-state index is 13.0. The van der Waals surface area contributed by atoms with E-state index in [0.29, 0.717) is 16.8 Å². The highest BCUT2D eigenvalue weighted by molar-refractivity contribution is 6.06. The van der Waals surface area contributed by atoms with Crippen molar-refractivity contribution in [1.29, 1.82) is 0 Å². The van der Waals surface area contributed by atoms with Crippen LogP contribution in [0.2, 0.25) is 0 Å².